The molecule has 16 heavy (non-hydrogen) atoms. The van der Waals surface area contributed by atoms with E-state index < -0.39 is 0 Å². The maximum Gasteiger partial charge on any atom is 0.248 e. The van der Waals surface area contributed by atoms with Crippen molar-refractivity contribution in [2.24, 2.45) is 0 Å². The van der Waals surface area contributed by atoms with Gasteiger partial charge in [-0.25, -0.2) is 5.10 Å². The van der Waals surface area contributed by atoms with Gasteiger partial charge >= 0.3 is 0 Å². The minimum absolute atomic E-state index is 0.239. The summed E-state index contributed by atoms with van der Waals surface area (Å²) in [5.74, 6) is 1.24. The predicted octanol–water partition coefficient (Wildman–Crippen LogP) is 1.79. The summed E-state index contributed by atoms with van der Waals surface area (Å²) in [7, 11) is 1.57. The monoisotopic (exact) mass is 239 g/mol. The van der Waals surface area contributed by atoms with Crippen molar-refractivity contribution in [3.05, 3.63) is 23.2 Å². The molecule has 0 spiro atoms. The number of nitrogen functional groups attached to an aromatic ring is 1. The maximum absolute atomic E-state index is 5.88. The second-order valence-electron chi connectivity index (χ2n) is 3.01. The van der Waals surface area contributed by atoms with Crippen LogP contribution in [0.3, 0.4) is 0 Å². The second-order valence-corrected chi connectivity index (χ2v) is 3.45. The highest BCUT2D eigenvalue weighted by molar-refractivity contribution is 6.30. The zero-order chi connectivity index (χ0) is 11.5. The molecule has 2 aromatic rings. The van der Waals surface area contributed by atoms with Crippen LogP contribution in [0, 0.1) is 0 Å². The van der Waals surface area contributed by atoms with Gasteiger partial charge in [-0.15, -0.1) is 5.10 Å². The van der Waals surface area contributed by atoms with E-state index in [1.807, 2.05) is 0 Å². The number of hydrogen-bond acceptors (Lipinski definition) is 5. The number of H-pyrrole nitrogens is 1. The number of nitrogens with one attached hydrogen (secondary N) is 2. The largest absolute Gasteiger partial charge is 0.495 e. The van der Waals surface area contributed by atoms with Crippen LogP contribution in [0.1, 0.15) is 0 Å². The fourth-order valence-electron chi connectivity index (χ4n) is 1.23. The van der Waals surface area contributed by atoms with E-state index in [1.165, 1.54) is 0 Å². The number of nitrogens with zero attached hydrogens (tertiary/aromatic N) is 2. The Morgan fingerprint density at radius 3 is 2.94 bits per heavy atom. The molecule has 0 radical (unpaired) electrons. The summed E-state index contributed by atoms with van der Waals surface area (Å²) in [6.07, 6.45) is 0. The minimum Gasteiger partial charge on any atom is -0.495 e. The molecule has 6 nitrogen and oxygen atoms in total. The van der Waals surface area contributed by atoms with Crippen LogP contribution in [-0.2, 0) is 0 Å². The molecule has 1 aromatic heterocycles. The Morgan fingerprint density at radius 2 is 2.31 bits per heavy atom. The summed E-state index contributed by atoms with van der Waals surface area (Å²) in [5.41, 5.74) is 6.08. The molecule has 4 N–H and O–H groups in total. The van der Waals surface area contributed by atoms with Gasteiger partial charge in [-0.2, -0.15) is 4.98 Å². The third kappa shape index (κ3) is 2.17. The topological polar surface area (TPSA) is 88.8 Å². The number of halogens is 1. The van der Waals surface area contributed by atoms with Crippen LogP contribution in [0.5, 0.6) is 5.75 Å². The van der Waals surface area contributed by atoms with Crippen LogP contribution in [-0.4, -0.2) is 22.3 Å². The number of benzene rings is 1. The first kappa shape index (κ1) is 10.6. The van der Waals surface area contributed by atoms with Crippen molar-refractivity contribution in [2.75, 3.05) is 18.2 Å². The van der Waals surface area contributed by atoms with Gasteiger partial charge in [0.05, 0.1) is 12.8 Å². The Balaban J connectivity index is 2.29. The van der Waals surface area contributed by atoms with E-state index in [0.29, 0.717) is 22.4 Å². The molecule has 1 heterocycles. The number of anilines is 3. The molecular formula is C9H10ClN5O. The van der Waals surface area contributed by atoms with Crippen molar-refractivity contribution in [3.63, 3.8) is 0 Å². The Bertz CT molecular complexity index is 498. The molecule has 0 aliphatic rings. The molecule has 7 heteroatoms. The van der Waals surface area contributed by atoms with Crippen LogP contribution in [0.15, 0.2) is 18.2 Å². The number of aromatic amines is 1. The lowest BCUT2D eigenvalue weighted by Crippen LogP contribution is -1.96. The van der Waals surface area contributed by atoms with Gasteiger partial charge in [0.1, 0.15) is 5.75 Å². The predicted molar refractivity (Wildman–Crippen MR) is 62.1 cm³/mol. The molecule has 84 valence electrons. The van der Waals surface area contributed by atoms with Crippen LogP contribution in [0.2, 0.25) is 5.02 Å². The number of aromatic nitrogens is 3. The Morgan fingerprint density at radius 1 is 1.50 bits per heavy atom. The van der Waals surface area contributed by atoms with E-state index in [2.05, 4.69) is 20.5 Å². The van der Waals surface area contributed by atoms with Crippen molar-refractivity contribution < 1.29 is 4.74 Å². The first-order valence-corrected chi connectivity index (χ1v) is 4.85. The van der Waals surface area contributed by atoms with E-state index in [1.54, 1.807) is 25.3 Å². The highest BCUT2D eigenvalue weighted by Gasteiger charge is 2.06. The van der Waals surface area contributed by atoms with Crippen LogP contribution in [0.25, 0.3) is 0 Å². The zero-order valence-electron chi connectivity index (χ0n) is 8.49. The molecule has 0 saturated carbocycles. The molecule has 1 aromatic carbocycles. The minimum atomic E-state index is 0.239. The molecule has 0 bridgehead atoms. The molecule has 0 atom stereocenters. The maximum atomic E-state index is 5.88. The van der Waals surface area contributed by atoms with Gasteiger partial charge in [-0.3, -0.25) is 0 Å². The molecule has 2 rings (SSSR count). The van der Waals surface area contributed by atoms with E-state index in [9.17, 15) is 0 Å². The molecule has 0 amide bonds. The van der Waals surface area contributed by atoms with Gasteiger partial charge in [0.15, 0.2) is 0 Å². The highest BCUT2D eigenvalue weighted by Crippen LogP contribution is 2.29. The van der Waals surface area contributed by atoms with Crippen molar-refractivity contribution in [1.29, 1.82) is 0 Å². The van der Waals surface area contributed by atoms with Gasteiger partial charge in [0.2, 0.25) is 11.9 Å². The van der Waals surface area contributed by atoms with Crippen molar-refractivity contribution in [2.45, 2.75) is 0 Å². The summed E-state index contributed by atoms with van der Waals surface area (Å²) >= 11 is 5.88. The summed E-state index contributed by atoms with van der Waals surface area (Å²) in [6, 6.07) is 5.20. The lowest BCUT2D eigenvalue weighted by Gasteiger charge is -2.08. The molecule has 0 unspecified atom stereocenters. The zero-order valence-corrected chi connectivity index (χ0v) is 9.25. The number of ether oxygens (including phenoxy) is 1. The number of rotatable bonds is 3. The van der Waals surface area contributed by atoms with Gasteiger partial charge in [0, 0.05) is 5.02 Å². The van der Waals surface area contributed by atoms with Gasteiger partial charge < -0.3 is 15.8 Å². The van der Waals surface area contributed by atoms with E-state index in [-0.39, 0.29) is 5.95 Å². The summed E-state index contributed by atoms with van der Waals surface area (Å²) in [5, 5.41) is 9.90. The van der Waals surface area contributed by atoms with E-state index in [0.717, 1.165) is 0 Å². The average Bonchev–Trinajstić information content (AvgIpc) is 2.64. The quantitative estimate of drug-likeness (QED) is 0.760. The lowest BCUT2D eigenvalue weighted by molar-refractivity contribution is 0.417. The van der Waals surface area contributed by atoms with Crippen molar-refractivity contribution >= 4 is 29.2 Å². The normalized spacial score (nSPS) is 10.1. The van der Waals surface area contributed by atoms with Crippen LogP contribution < -0.4 is 15.8 Å². The average molecular weight is 240 g/mol. The second kappa shape index (κ2) is 4.28. The Hall–Kier alpha value is -1.95. The first-order chi connectivity index (χ1) is 7.69. The molecule has 0 aliphatic carbocycles. The fraction of sp³-hybridized carbons (Fsp3) is 0.111. The Kier molecular flexibility index (Phi) is 2.82. The van der Waals surface area contributed by atoms with Crippen molar-refractivity contribution in [3.8, 4) is 5.75 Å². The smallest absolute Gasteiger partial charge is 0.248 e. The highest BCUT2D eigenvalue weighted by atomic mass is 35.5. The fourth-order valence-corrected chi connectivity index (χ4v) is 1.40. The molecule has 0 fully saturated rings. The van der Waals surface area contributed by atoms with Crippen LogP contribution >= 0.6 is 11.6 Å². The van der Waals surface area contributed by atoms with Gasteiger partial charge in [0.25, 0.3) is 0 Å². The van der Waals surface area contributed by atoms with Gasteiger partial charge in [-0.05, 0) is 18.2 Å². The Labute approximate surface area is 96.8 Å². The third-order valence-electron chi connectivity index (χ3n) is 1.91. The standard InChI is InChI=1S/C9H10ClN5O/c1-16-7-3-2-5(10)4-6(7)12-9-13-8(11)14-15-9/h2-4H,1H3,(H4,11,12,13,14,15). The third-order valence-corrected chi connectivity index (χ3v) is 2.15. The number of hydrogen-bond donors (Lipinski definition) is 3. The summed E-state index contributed by atoms with van der Waals surface area (Å²) < 4.78 is 5.16. The first-order valence-electron chi connectivity index (χ1n) is 4.47. The molecule has 0 saturated heterocycles. The van der Waals surface area contributed by atoms with E-state index >= 15 is 0 Å². The molecule has 0 aliphatic heterocycles. The van der Waals surface area contributed by atoms with Crippen LogP contribution in [0.4, 0.5) is 17.6 Å². The summed E-state index contributed by atoms with van der Waals surface area (Å²) in [6.45, 7) is 0. The number of nitrogens with two attached hydrogens (primary N) is 1. The number of methoxy groups -OCH3 is 1. The SMILES string of the molecule is COc1ccc(Cl)cc1Nc1n[nH]c(N)n1. The van der Waals surface area contributed by atoms with Crippen molar-refractivity contribution in [1.82, 2.24) is 15.2 Å². The summed E-state index contributed by atoms with van der Waals surface area (Å²) in [4.78, 5) is 3.91. The van der Waals surface area contributed by atoms with Gasteiger partial charge in [-0.1, -0.05) is 11.6 Å². The van der Waals surface area contributed by atoms with E-state index in [4.69, 9.17) is 22.1 Å². The molecular weight excluding hydrogens is 230 g/mol. The lowest BCUT2D eigenvalue weighted by atomic mass is 10.3.